The van der Waals surface area contributed by atoms with Gasteiger partial charge in [0.05, 0.1) is 14.1 Å². The van der Waals surface area contributed by atoms with Crippen LogP contribution in [-0.2, 0) is 4.74 Å². The molecule has 0 aromatic carbocycles. The lowest BCUT2D eigenvalue weighted by molar-refractivity contribution is -0.769. The van der Waals surface area contributed by atoms with Crippen LogP contribution in [0.2, 0.25) is 0 Å². The number of ether oxygens (including phenoxy) is 1. The minimum atomic E-state index is 0.779. The molecule has 2 nitrogen and oxygen atoms in total. The fourth-order valence-electron chi connectivity index (χ4n) is 3.72. The molecule has 1 aliphatic rings. The maximum absolute atomic E-state index is 5.80. The average Bonchev–Trinajstić information content (AvgIpc) is 3.20. The zero-order valence-corrected chi connectivity index (χ0v) is 17.9. The second-order valence-corrected chi connectivity index (χ2v) is 8.99. The van der Waals surface area contributed by atoms with Gasteiger partial charge >= 0.3 is 0 Å². The lowest BCUT2D eigenvalue weighted by Gasteiger charge is -2.07. The predicted molar refractivity (Wildman–Crippen MR) is 111 cm³/mol. The van der Waals surface area contributed by atoms with E-state index in [-0.39, 0.29) is 0 Å². The number of nitrogens with zero attached hydrogens (tertiary/aromatic N) is 1. The summed E-state index contributed by atoms with van der Waals surface area (Å²) in [5.74, 6) is 0. The molecule has 1 aliphatic heterocycles. The fourth-order valence-corrected chi connectivity index (χ4v) is 3.72. The molecule has 25 heavy (non-hydrogen) atoms. The van der Waals surface area contributed by atoms with E-state index < -0.39 is 0 Å². The smallest absolute Gasteiger partial charge is 0.162 e. The Balaban J connectivity index is 1.63. The summed E-state index contributed by atoms with van der Waals surface area (Å²) >= 11 is 0. The molecule has 0 aromatic heterocycles. The molecular weight excluding hydrogens is 306 g/mol. The maximum Gasteiger partial charge on any atom is 0.162 e. The van der Waals surface area contributed by atoms with Crippen molar-refractivity contribution in [2.45, 2.75) is 116 Å². The van der Waals surface area contributed by atoms with E-state index in [0.29, 0.717) is 0 Å². The Morgan fingerprint density at radius 2 is 1.00 bits per heavy atom. The molecule has 0 bridgehead atoms. The van der Waals surface area contributed by atoms with Crippen molar-refractivity contribution in [2.75, 3.05) is 33.9 Å². The minimum absolute atomic E-state index is 0.779. The zero-order valence-electron chi connectivity index (χ0n) is 17.9. The molecule has 1 atom stereocenters. The van der Waals surface area contributed by atoms with Gasteiger partial charge in [-0.25, -0.2) is 0 Å². The summed E-state index contributed by atoms with van der Waals surface area (Å²) in [6.45, 7) is 5.56. The summed E-state index contributed by atoms with van der Waals surface area (Å²) in [7, 11) is 4.59. The predicted octanol–water partition coefficient (Wildman–Crippen LogP) is 6.72. The SMILES string of the molecule is CCCCCCCCCCCCCCCCCCOCC1C[N+]1(C)C. The van der Waals surface area contributed by atoms with Crippen LogP contribution in [0.3, 0.4) is 0 Å². The van der Waals surface area contributed by atoms with E-state index in [1.54, 1.807) is 0 Å². The third-order valence-electron chi connectivity index (χ3n) is 5.99. The van der Waals surface area contributed by atoms with Crippen LogP contribution in [0.5, 0.6) is 0 Å². The van der Waals surface area contributed by atoms with Gasteiger partial charge in [-0.1, -0.05) is 103 Å². The van der Waals surface area contributed by atoms with E-state index >= 15 is 0 Å². The third-order valence-corrected chi connectivity index (χ3v) is 5.99. The molecule has 0 saturated carbocycles. The summed E-state index contributed by atoms with van der Waals surface area (Å²) in [4.78, 5) is 0. The Kier molecular flexibility index (Phi) is 13.8. The number of hydrogen-bond donors (Lipinski definition) is 0. The molecule has 0 aliphatic carbocycles. The van der Waals surface area contributed by atoms with E-state index in [0.717, 1.165) is 19.3 Å². The van der Waals surface area contributed by atoms with Crippen LogP contribution in [0.15, 0.2) is 0 Å². The first kappa shape index (κ1) is 23.0. The van der Waals surface area contributed by atoms with Gasteiger partial charge in [0.15, 0.2) is 6.04 Å². The van der Waals surface area contributed by atoms with Gasteiger partial charge in [-0.05, 0) is 6.42 Å². The van der Waals surface area contributed by atoms with E-state index in [4.69, 9.17) is 4.74 Å². The normalized spacial score (nSPS) is 18.6. The summed E-state index contributed by atoms with van der Waals surface area (Å²) < 4.78 is 6.96. The van der Waals surface area contributed by atoms with Crippen molar-refractivity contribution in [3.63, 3.8) is 0 Å². The molecule has 150 valence electrons. The topological polar surface area (TPSA) is 9.23 Å². The van der Waals surface area contributed by atoms with Gasteiger partial charge in [-0.2, -0.15) is 0 Å². The first-order valence-corrected chi connectivity index (χ1v) is 11.6. The summed E-state index contributed by atoms with van der Waals surface area (Å²) in [5.41, 5.74) is 0. The molecule has 1 rings (SSSR count). The standard InChI is InChI=1S/C23H48NO/c1-4-5-6-7-8-9-10-11-12-13-14-15-16-17-18-19-20-25-22-23-21-24(23,2)3/h23H,4-22H2,1-3H3/q+1. The fraction of sp³-hybridized carbons (Fsp3) is 1.00. The highest BCUT2D eigenvalue weighted by Crippen LogP contribution is 2.24. The van der Waals surface area contributed by atoms with Crippen molar-refractivity contribution >= 4 is 0 Å². The summed E-state index contributed by atoms with van der Waals surface area (Å²) in [6, 6.07) is 0.779. The number of rotatable bonds is 19. The monoisotopic (exact) mass is 354 g/mol. The Morgan fingerprint density at radius 1 is 0.640 bits per heavy atom. The van der Waals surface area contributed by atoms with E-state index in [1.165, 1.54) is 114 Å². The summed E-state index contributed by atoms with van der Waals surface area (Å²) in [6.07, 6.45) is 22.9. The van der Waals surface area contributed by atoms with Gasteiger partial charge in [-0.3, -0.25) is 0 Å². The van der Waals surface area contributed by atoms with E-state index in [9.17, 15) is 0 Å². The van der Waals surface area contributed by atoms with Crippen LogP contribution < -0.4 is 0 Å². The molecule has 1 heterocycles. The minimum Gasteiger partial charge on any atom is -0.375 e. The highest BCUT2D eigenvalue weighted by molar-refractivity contribution is 4.69. The average molecular weight is 355 g/mol. The lowest BCUT2D eigenvalue weighted by atomic mass is 10.0. The van der Waals surface area contributed by atoms with Gasteiger partial charge in [0.25, 0.3) is 0 Å². The largest absolute Gasteiger partial charge is 0.375 e. The molecule has 0 N–H and O–H groups in total. The Hall–Kier alpha value is -0.0800. The van der Waals surface area contributed by atoms with E-state index in [2.05, 4.69) is 21.0 Å². The van der Waals surface area contributed by atoms with Crippen molar-refractivity contribution in [3.05, 3.63) is 0 Å². The Labute approximate surface area is 159 Å². The molecule has 0 spiro atoms. The van der Waals surface area contributed by atoms with Gasteiger partial charge < -0.3 is 9.22 Å². The number of quaternary nitrogens is 1. The van der Waals surface area contributed by atoms with Crippen LogP contribution in [0.4, 0.5) is 0 Å². The van der Waals surface area contributed by atoms with Crippen LogP contribution in [0.1, 0.15) is 110 Å². The molecule has 2 heteroatoms. The lowest BCUT2D eigenvalue weighted by Crippen LogP contribution is -2.19. The summed E-state index contributed by atoms with van der Waals surface area (Å²) in [5, 5.41) is 0. The van der Waals surface area contributed by atoms with Gasteiger partial charge in [-0.15, -0.1) is 0 Å². The number of likely N-dealkylation sites (N-methyl/N-ethyl adjacent to an activating group) is 1. The van der Waals surface area contributed by atoms with Crippen LogP contribution in [-0.4, -0.2) is 44.4 Å². The molecule has 1 saturated heterocycles. The first-order valence-electron chi connectivity index (χ1n) is 11.6. The zero-order chi connectivity index (χ0) is 18.2. The molecule has 0 amide bonds. The second-order valence-electron chi connectivity index (χ2n) is 8.99. The number of unbranched alkanes of at least 4 members (excludes halogenated alkanes) is 15. The van der Waals surface area contributed by atoms with E-state index in [1.807, 2.05) is 0 Å². The quantitative estimate of drug-likeness (QED) is 0.142. The van der Waals surface area contributed by atoms with Crippen molar-refractivity contribution in [1.29, 1.82) is 0 Å². The van der Waals surface area contributed by atoms with Crippen molar-refractivity contribution < 1.29 is 9.22 Å². The number of hydrogen-bond acceptors (Lipinski definition) is 1. The Morgan fingerprint density at radius 3 is 1.36 bits per heavy atom. The Bertz CT molecular complexity index is 290. The second kappa shape index (κ2) is 15.0. The first-order chi connectivity index (χ1) is 12.2. The van der Waals surface area contributed by atoms with Gasteiger partial charge in [0.1, 0.15) is 13.2 Å². The molecular formula is C23H48NO+. The van der Waals surface area contributed by atoms with Crippen molar-refractivity contribution in [3.8, 4) is 0 Å². The molecule has 0 aromatic rings. The molecule has 1 unspecified atom stereocenters. The van der Waals surface area contributed by atoms with Crippen molar-refractivity contribution in [2.24, 2.45) is 0 Å². The van der Waals surface area contributed by atoms with Crippen molar-refractivity contribution in [1.82, 2.24) is 0 Å². The van der Waals surface area contributed by atoms with Gasteiger partial charge in [0, 0.05) is 6.61 Å². The van der Waals surface area contributed by atoms with Crippen LogP contribution in [0.25, 0.3) is 0 Å². The van der Waals surface area contributed by atoms with Crippen LogP contribution in [0, 0.1) is 0 Å². The highest BCUT2D eigenvalue weighted by Gasteiger charge is 2.47. The third kappa shape index (κ3) is 13.7. The van der Waals surface area contributed by atoms with Gasteiger partial charge in [0.2, 0.25) is 0 Å². The molecule has 1 fully saturated rings. The van der Waals surface area contributed by atoms with Crippen LogP contribution >= 0.6 is 0 Å². The highest BCUT2D eigenvalue weighted by atomic mass is 16.5. The maximum atomic E-state index is 5.80. The molecule has 0 radical (unpaired) electrons.